The molecule has 4 rings (SSSR count). The van der Waals surface area contributed by atoms with Crippen molar-refractivity contribution in [3.8, 4) is 16.6 Å². The molecule has 4 aromatic rings. The molecule has 2 heterocycles. The number of amides is 1. The predicted octanol–water partition coefficient (Wildman–Crippen LogP) is 6.26. The minimum atomic E-state index is -4.69. The fraction of sp³-hybridized carbons (Fsp3) is 0.222. The first-order valence-electron chi connectivity index (χ1n) is 11.5. The Morgan fingerprint density at radius 1 is 1.15 bits per heavy atom. The second-order valence-corrected chi connectivity index (χ2v) is 10.3. The van der Waals surface area contributed by atoms with Gasteiger partial charge < -0.3 is 15.4 Å². The van der Waals surface area contributed by atoms with E-state index in [1.54, 1.807) is 28.7 Å². The van der Waals surface area contributed by atoms with Gasteiger partial charge >= 0.3 is 6.18 Å². The van der Waals surface area contributed by atoms with Crippen LogP contribution in [-0.2, 0) is 11.2 Å². The van der Waals surface area contributed by atoms with Crippen molar-refractivity contribution in [1.29, 1.82) is 5.26 Å². The largest absolute Gasteiger partial charge is 0.412 e. The molecule has 2 aromatic heterocycles. The second-order valence-electron chi connectivity index (χ2n) is 8.20. The number of anilines is 1. The number of carbonyl (C=O) groups excluding carboxylic acids is 2. The molecule has 0 aliphatic rings. The lowest BCUT2D eigenvalue weighted by Gasteiger charge is -2.22. The Hall–Kier alpha value is -4.08. The summed E-state index contributed by atoms with van der Waals surface area (Å²) in [6.07, 6.45) is -4.15. The van der Waals surface area contributed by atoms with Gasteiger partial charge in [0.05, 0.1) is 32.9 Å². The van der Waals surface area contributed by atoms with Crippen LogP contribution >= 0.6 is 22.7 Å². The number of thiazole rings is 2. The summed E-state index contributed by atoms with van der Waals surface area (Å²) in [5.74, 6) is -0.976. The van der Waals surface area contributed by atoms with Crippen LogP contribution in [0.3, 0.4) is 0 Å². The first-order valence-corrected chi connectivity index (χ1v) is 13.2. The summed E-state index contributed by atoms with van der Waals surface area (Å²) in [5, 5.41) is 18.1. The normalized spacial score (nSPS) is 11.5. The topological polar surface area (TPSA) is 108 Å². The lowest BCUT2D eigenvalue weighted by Crippen LogP contribution is -2.38. The van der Waals surface area contributed by atoms with E-state index in [1.807, 2.05) is 32.3 Å². The Labute approximate surface area is 231 Å². The summed E-state index contributed by atoms with van der Waals surface area (Å²) < 4.78 is 39.9. The third-order valence-corrected chi connectivity index (χ3v) is 7.25. The number of nitrogens with zero attached hydrogens (tertiary/aromatic N) is 3. The zero-order valence-corrected chi connectivity index (χ0v) is 22.8. The van der Waals surface area contributed by atoms with Crippen molar-refractivity contribution in [1.82, 2.24) is 15.3 Å². The monoisotopic (exact) mass is 571 g/mol. The molecular formula is C27H24F3N5O2S2. The van der Waals surface area contributed by atoms with Gasteiger partial charge in [-0.1, -0.05) is 30.3 Å². The van der Waals surface area contributed by atoms with Crippen LogP contribution in [0.25, 0.3) is 10.6 Å². The van der Waals surface area contributed by atoms with E-state index in [4.69, 9.17) is 5.26 Å². The number of hydrogen-bond acceptors (Lipinski definition) is 8. The van der Waals surface area contributed by atoms with Crippen molar-refractivity contribution in [2.24, 2.45) is 0 Å². The molecule has 1 atom stereocenters. The van der Waals surface area contributed by atoms with Crippen LogP contribution in [0.1, 0.15) is 43.8 Å². The van der Waals surface area contributed by atoms with Crippen molar-refractivity contribution >= 4 is 40.0 Å². The number of alkyl halides is 3. The summed E-state index contributed by atoms with van der Waals surface area (Å²) >= 11 is 3.32. The number of rotatable bonds is 7. The van der Waals surface area contributed by atoms with E-state index in [0.29, 0.717) is 11.8 Å². The van der Waals surface area contributed by atoms with E-state index >= 15 is 0 Å². The SMILES string of the molecule is CNc1nc(-c2sc(C)nc2C)cs1.N#Cc1cc(CC=O)cc(C(=O)N[C@H](c2ccccc2)C(F)(F)F)c1. The van der Waals surface area contributed by atoms with E-state index in [0.717, 1.165) is 21.5 Å². The highest BCUT2D eigenvalue weighted by molar-refractivity contribution is 7.16. The highest BCUT2D eigenvalue weighted by Gasteiger charge is 2.42. The number of halogens is 3. The molecule has 39 heavy (non-hydrogen) atoms. The highest BCUT2D eigenvalue weighted by atomic mass is 32.1. The quantitative estimate of drug-likeness (QED) is 0.254. The molecule has 7 nitrogen and oxygen atoms in total. The molecule has 0 saturated heterocycles. The molecule has 1 amide bonds. The van der Waals surface area contributed by atoms with E-state index < -0.39 is 18.1 Å². The van der Waals surface area contributed by atoms with E-state index in [1.165, 1.54) is 47.3 Å². The molecule has 2 aromatic carbocycles. The Bertz CT molecular complexity index is 1480. The predicted molar refractivity (Wildman–Crippen MR) is 146 cm³/mol. The Morgan fingerprint density at radius 2 is 1.87 bits per heavy atom. The number of carbonyl (C=O) groups is 2. The number of aryl methyl sites for hydroxylation is 2. The van der Waals surface area contributed by atoms with E-state index in [9.17, 15) is 22.8 Å². The van der Waals surface area contributed by atoms with Gasteiger partial charge in [0.15, 0.2) is 11.2 Å². The molecule has 0 radical (unpaired) electrons. The number of aromatic nitrogens is 2. The fourth-order valence-corrected chi connectivity index (χ4v) is 5.20. The van der Waals surface area contributed by atoms with Crippen molar-refractivity contribution in [3.63, 3.8) is 0 Å². The number of benzene rings is 2. The van der Waals surface area contributed by atoms with Gasteiger partial charge in [-0.25, -0.2) is 9.97 Å². The van der Waals surface area contributed by atoms with Crippen molar-refractivity contribution in [2.45, 2.75) is 32.5 Å². The first-order chi connectivity index (χ1) is 18.5. The number of aldehydes is 1. The average Bonchev–Trinajstić information content (AvgIpc) is 3.52. The summed E-state index contributed by atoms with van der Waals surface area (Å²) in [7, 11) is 1.88. The first kappa shape index (κ1) is 29.5. The van der Waals surface area contributed by atoms with Crippen molar-refractivity contribution in [2.75, 3.05) is 12.4 Å². The standard InChI is InChI=1S/C18H13F3N2O2.C9H11N3S2/c19-18(20,21)16(14-4-2-1-3-5-14)23-17(25)15-9-12(6-7-24)8-13(10-15)11-22;1-5-8(14-6(2)11-5)7-4-13-9(10-3)12-7/h1-5,7-10,16H,6H2,(H,23,25);4H,1-3H3,(H,10,12)/t16-;/m1./s1. The van der Waals surface area contributed by atoms with Gasteiger partial charge in [0.2, 0.25) is 0 Å². The molecule has 0 aliphatic heterocycles. The molecule has 0 fully saturated rings. The van der Waals surface area contributed by atoms with Crippen LogP contribution in [0.15, 0.2) is 53.9 Å². The highest BCUT2D eigenvalue weighted by Crippen LogP contribution is 2.33. The zero-order chi connectivity index (χ0) is 28.6. The fourth-order valence-electron chi connectivity index (χ4n) is 3.58. The van der Waals surface area contributed by atoms with Crippen molar-refractivity contribution in [3.05, 3.63) is 86.9 Å². The van der Waals surface area contributed by atoms with Crippen molar-refractivity contribution < 1.29 is 22.8 Å². The van der Waals surface area contributed by atoms with E-state index in [-0.39, 0.29) is 23.1 Å². The Balaban J connectivity index is 0.000000252. The molecule has 0 aliphatic carbocycles. The minimum absolute atomic E-state index is 0.0445. The third-order valence-electron chi connectivity index (χ3n) is 5.29. The summed E-state index contributed by atoms with van der Waals surface area (Å²) in [6.45, 7) is 4.05. The Kier molecular flexibility index (Phi) is 9.92. The molecule has 0 bridgehead atoms. The molecule has 0 spiro atoms. The van der Waals surface area contributed by atoms with Crippen LogP contribution in [-0.4, -0.2) is 35.4 Å². The van der Waals surface area contributed by atoms with Gasteiger partial charge in [-0.2, -0.15) is 18.4 Å². The van der Waals surface area contributed by atoms with Gasteiger partial charge in [0.1, 0.15) is 6.29 Å². The van der Waals surface area contributed by atoms with Gasteiger partial charge in [-0.3, -0.25) is 4.79 Å². The lowest BCUT2D eigenvalue weighted by atomic mass is 10.0. The van der Waals surface area contributed by atoms with Crippen LogP contribution < -0.4 is 10.6 Å². The van der Waals surface area contributed by atoms with Gasteiger partial charge in [-0.05, 0) is 43.2 Å². The maximum absolute atomic E-state index is 13.3. The lowest BCUT2D eigenvalue weighted by molar-refractivity contribution is -0.155. The van der Waals surface area contributed by atoms with Gasteiger partial charge in [0, 0.05) is 24.4 Å². The molecule has 202 valence electrons. The molecule has 12 heteroatoms. The van der Waals surface area contributed by atoms with Crippen LogP contribution in [0.5, 0.6) is 0 Å². The molecular weight excluding hydrogens is 547 g/mol. The maximum atomic E-state index is 13.3. The minimum Gasteiger partial charge on any atom is -0.365 e. The smallest absolute Gasteiger partial charge is 0.365 e. The third kappa shape index (κ3) is 7.95. The summed E-state index contributed by atoms with van der Waals surface area (Å²) in [6, 6.07) is 10.5. The van der Waals surface area contributed by atoms with E-state index in [2.05, 4.69) is 20.7 Å². The number of hydrogen-bond donors (Lipinski definition) is 2. The summed E-state index contributed by atoms with van der Waals surface area (Å²) in [5.41, 5.74) is 2.35. The van der Waals surface area contributed by atoms with Crippen LogP contribution in [0, 0.1) is 25.2 Å². The molecule has 2 N–H and O–H groups in total. The zero-order valence-electron chi connectivity index (χ0n) is 21.2. The number of nitriles is 1. The molecule has 0 saturated carbocycles. The van der Waals surface area contributed by atoms with Gasteiger partial charge in [0.25, 0.3) is 5.91 Å². The second kappa shape index (κ2) is 13.1. The number of nitrogens with one attached hydrogen (secondary N) is 2. The maximum Gasteiger partial charge on any atom is 0.412 e. The van der Waals surface area contributed by atoms with Crippen LogP contribution in [0.4, 0.5) is 18.3 Å². The van der Waals surface area contributed by atoms with Crippen LogP contribution in [0.2, 0.25) is 0 Å². The molecule has 0 unspecified atom stereocenters. The Morgan fingerprint density at radius 3 is 2.41 bits per heavy atom. The average molecular weight is 572 g/mol. The van der Waals surface area contributed by atoms with Gasteiger partial charge in [-0.15, -0.1) is 22.7 Å². The summed E-state index contributed by atoms with van der Waals surface area (Å²) in [4.78, 5) is 32.9.